The highest BCUT2D eigenvalue weighted by Gasteiger charge is 2.14. The highest BCUT2D eigenvalue weighted by molar-refractivity contribution is 7.78. The fourth-order valence-electron chi connectivity index (χ4n) is 1.36. The van der Waals surface area contributed by atoms with E-state index < -0.39 is 5.97 Å². The summed E-state index contributed by atoms with van der Waals surface area (Å²) >= 11 is 9.64. The molecule has 0 aromatic heterocycles. The van der Waals surface area contributed by atoms with Gasteiger partial charge in [0.2, 0.25) is 0 Å². The molecule has 1 unspecified atom stereocenters. The van der Waals surface area contributed by atoms with Gasteiger partial charge in [-0.1, -0.05) is 36.5 Å². The first kappa shape index (κ1) is 12.4. The van der Waals surface area contributed by atoms with Crippen LogP contribution in [0, 0.1) is 0 Å². The fraction of sp³-hybridized carbons (Fsp3) is 0.300. The largest absolute Gasteiger partial charge is 0.481 e. The van der Waals surface area contributed by atoms with Gasteiger partial charge in [-0.3, -0.25) is 9.52 Å². The molecule has 1 rings (SSSR count). The Morgan fingerprint density at radius 3 is 2.53 bits per heavy atom. The number of thiol groups is 1. The Morgan fingerprint density at radius 2 is 2.07 bits per heavy atom. The van der Waals surface area contributed by atoms with Gasteiger partial charge < -0.3 is 5.11 Å². The number of benzene rings is 1. The zero-order valence-electron chi connectivity index (χ0n) is 7.98. The molecular weight excluding hydrogens is 234 g/mol. The maximum Gasteiger partial charge on any atom is 0.304 e. The van der Waals surface area contributed by atoms with Crippen molar-refractivity contribution in [1.82, 2.24) is 4.72 Å². The van der Waals surface area contributed by atoms with E-state index in [0.717, 1.165) is 5.56 Å². The maximum atomic E-state index is 10.6. The van der Waals surface area contributed by atoms with E-state index in [1.54, 1.807) is 12.1 Å². The van der Waals surface area contributed by atoms with Crippen molar-refractivity contribution in [2.75, 3.05) is 6.54 Å². The van der Waals surface area contributed by atoms with Crippen LogP contribution in [-0.2, 0) is 4.79 Å². The first-order chi connectivity index (χ1) is 7.13. The number of carboxylic acid groups (broad SMARTS) is 1. The molecule has 0 aliphatic heterocycles. The molecule has 0 radical (unpaired) electrons. The van der Waals surface area contributed by atoms with Crippen LogP contribution in [0.15, 0.2) is 24.3 Å². The van der Waals surface area contributed by atoms with E-state index in [1.807, 2.05) is 12.1 Å². The Bertz CT molecular complexity index is 329. The van der Waals surface area contributed by atoms with Crippen LogP contribution in [0.5, 0.6) is 0 Å². The lowest BCUT2D eigenvalue weighted by Crippen LogP contribution is -2.16. The number of hydrogen-bond acceptors (Lipinski definition) is 3. The SMILES string of the molecule is O=C(O)CC(CNS)c1ccc(Cl)cc1. The van der Waals surface area contributed by atoms with Gasteiger partial charge in [0.05, 0.1) is 6.42 Å². The van der Waals surface area contributed by atoms with E-state index in [-0.39, 0.29) is 12.3 Å². The van der Waals surface area contributed by atoms with Gasteiger partial charge in [0.25, 0.3) is 0 Å². The number of halogens is 1. The van der Waals surface area contributed by atoms with Crippen LogP contribution in [0.4, 0.5) is 0 Å². The molecule has 1 aromatic carbocycles. The quantitative estimate of drug-likeness (QED) is 0.698. The van der Waals surface area contributed by atoms with Crippen LogP contribution in [0.25, 0.3) is 0 Å². The molecule has 82 valence electrons. The first-order valence-corrected chi connectivity index (χ1v) is 5.30. The normalized spacial score (nSPS) is 12.4. The lowest BCUT2D eigenvalue weighted by Gasteiger charge is -2.14. The zero-order valence-corrected chi connectivity index (χ0v) is 9.63. The Balaban J connectivity index is 2.78. The van der Waals surface area contributed by atoms with Gasteiger partial charge in [-0.25, -0.2) is 0 Å². The van der Waals surface area contributed by atoms with Crippen molar-refractivity contribution in [3.63, 3.8) is 0 Å². The van der Waals surface area contributed by atoms with Crippen LogP contribution in [0.3, 0.4) is 0 Å². The summed E-state index contributed by atoms with van der Waals surface area (Å²) in [6.45, 7) is 0.511. The molecule has 0 heterocycles. The summed E-state index contributed by atoms with van der Waals surface area (Å²) in [5, 5.41) is 9.39. The summed E-state index contributed by atoms with van der Waals surface area (Å²) in [5.41, 5.74) is 0.948. The molecule has 2 N–H and O–H groups in total. The topological polar surface area (TPSA) is 49.3 Å². The second kappa shape index (κ2) is 6.00. The molecule has 3 nitrogen and oxygen atoms in total. The van der Waals surface area contributed by atoms with E-state index in [2.05, 4.69) is 17.5 Å². The molecule has 1 atom stereocenters. The number of carbonyl (C=O) groups is 1. The van der Waals surface area contributed by atoms with Crippen molar-refractivity contribution in [1.29, 1.82) is 0 Å². The maximum absolute atomic E-state index is 10.6. The third kappa shape index (κ3) is 4.11. The monoisotopic (exact) mass is 245 g/mol. The van der Waals surface area contributed by atoms with Crippen LogP contribution in [0.2, 0.25) is 5.02 Å². The lowest BCUT2D eigenvalue weighted by atomic mass is 9.96. The summed E-state index contributed by atoms with van der Waals surface area (Å²) < 4.78 is 2.68. The molecular formula is C10H12ClNO2S. The summed E-state index contributed by atoms with van der Waals surface area (Å²) in [6, 6.07) is 7.18. The molecule has 0 spiro atoms. The van der Waals surface area contributed by atoms with Crippen LogP contribution in [-0.4, -0.2) is 17.6 Å². The van der Waals surface area contributed by atoms with Gasteiger partial charge in [-0.2, -0.15) is 0 Å². The molecule has 15 heavy (non-hydrogen) atoms. The predicted octanol–water partition coefficient (Wildman–Crippen LogP) is 2.33. The average molecular weight is 246 g/mol. The molecule has 5 heteroatoms. The number of hydrogen-bond donors (Lipinski definition) is 3. The van der Waals surface area contributed by atoms with E-state index in [4.69, 9.17) is 16.7 Å². The lowest BCUT2D eigenvalue weighted by molar-refractivity contribution is -0.137. The molecule has 1 aromatic rings. The molecule has 0 aliphatic rings. The van der Waals surface area contributed by atoms with Gasteiger partial charge in [-0.05, 0) is 17.7 Å². The Morgan fingerprint density at radius 1 is 1.47 bits per heavy atom. The minimum absolute atomic E-state index is 0.0786. The van der Waals surface area contributed by atoms with E-state index in [1.165, 1.54) is 0 Å². The van der Waals surface area contributed by atoms with E-state index >= 15 is 0 Å². The van der Waals surface area contributed by atoms with E-state index in [0.29, 0.717) is 11.6 Å². The Hall–Kier alpha value is -0.710. The summed E-state index contributed by atoms with van der Waals surface area (Å²) in [4.78, 5) is 10.6. The molecule has 0 fully saturated rings. The van der Waals surface area contributed by atoms with Crippen molar-refractivity contribution < 1.29 is 9.90 Å². The Kier molecular flexibility index (Phi) is 4.94. The third-order valence-electron chi connectivity index (χ3n) is 2.10. The van der Waals surface area contributed by atoms with Gasteiger partial charge in [0.15, 0.2) is 0 Å². The molecule has 0 saturated carbocycles. The molecule has 0 bridgehead atoms. The summed E-state index contributed by atoms with van der Waals surface area (Å²) in [7, 11) is 0. The molecule has 0 saturated heterocycles. The number of carboxylic acids is 1. The summed E-state index contributed by atoms with van der Waals surface area (Å²) in [5.74, 6) is -0.907. The van der Waals surface area contributed by atoms with Crippen molar-refractivity contribution in [2.45, 2.75) is 12.3 Å². The third-order valence-corrected chi connectivity index (χ3v) is 2.53. The van der Waals surface area contributed by atoms with Gasteiger partial charge in [-0.15, -0.1) is 0 Å². The number of aliphatic carboxylic acids is 1. The van der Waals surface area contributed by atoms with Crippen molar-refractivity contribution >= 4 is 30.4 Å². The van der Waals surface area contributed by atoms with Gasteiger partial charge in [0.1, 0.15) is 0 Å². The first-order valence-electron chi connectivity index (χ1n) is 4.47. The van der Waals surface area contributed by atoms with Crippen molar-refractivity contribution in [3.8, 4) is 0 Å². The second-order valence-electron chi connectivity index (χ2n) is 3.21. The minimum atomic E-state index is -0.821. The fourth-order valence-corrected chi connectivity index (χ4v) is 1.71. The second-order valence-corrected chi connectivity index (χ2v) is 3.96. The van der Waals surface area contributed by atoms with Crippen LogP contribution in [0.1, 0.15) is 17.9 Å². The van der Waals surface area contributed by atoms with Crippen molar-refractivity contribution in [3.05, 3.63) is 34.9 Å². The highest BCUT2D eigenvalue weighted by atomic mass is 35.5. The average Bonchev–Trinajstić information content (AvgIpc) is 2.17. The van der Waals surface area contributed by atoms with Gasteiger partial charge >= 0.3 is 5.97 Å². The minimum Gasteiger partial charge on any atom is -0.481 e. The van der Waals surface area contributed by atoms with Crippen LogP contribution >= 0.6 is 24.4 Å². The molecule has 0 aliphatic carbocycles. The molecule has 0 amide bonds. The summed E-state index contributed by atoms with van der Waals surface area (Å²) in [6.07, 6.45) is 0.0786. The Labute approximate surface area is 99.0 Å². The van der Waals surface area contributed by atoms with Crippen LogP contribution < -0.4 is 4.72 Å². The zero-order chi connectivity index (χ0) is 11.3. The predicted molar refractivity (Wildman–Crippen MR) is 63.4 cm³/mol. The van der Waals surface area contributed by atoms with Gasteiger partial charge in [0, 0.05) is 17.5 Å². The smallest absolute Gasteiger partial charge is 0.304 e. The number of rotatable bonds is 5. The van der Waals surface area contributed by atoms with E-state index in [9.17, 15) is 4.79 Å². The standard InChI is InChI=1S/C10H12ClNO2S/c11-9-3-1-7(2-4-9)8(6-12-15)5-10(13)14/h1-4,8,12,15H,5-6H2,(H,13,14). The highest BCUT2D eigenvalue weighted by Crippen LogP contribution is 2.21. The number of nitrogens with one attached hydrogen (secondary N) is 1. The van der Waals surface area contributed by atoms with Crippen molar-refractivity contribution in [2.24, 2.45) is 0 Å².